The van der Waals surface area contributed by atoms with Gasteiger partial charge >= 0.3 is 6.09 Å². The SMILES string of the molecule is CC(C)(C)OC(=O)NC1CN(C(=O)C2(C#N)CC2)CC12CCC2. The third-order valence-corrected chi connectivity index (χ3v) is 5.35. The van der Waals surface area contributed by atoms with Gasteiger partial charge in [0.15, 0.2) is 0 Å². The van der Waals surface area contributed by atoms with E-state index >= 15 is 0 Å². The molecule has 3 rings (SSSR count). The fraction of sp³-hybridized carbons (Fsp3) is 0.824. The van der Waals surface area contributed by atoms with E-state index in [1.165, 1.54) is 0 Å². The summed E-state index contributed by atoms with van der Waals surface area (Å²) in [5, 5.41) is 12.2. The lowest BCUT2D eigenvalue weighted by Gasteiger charge is -2.42. The number of alkyl carbamates (subject to hydrolysis) is 1. The van der Waals surface area contributed by atoms with Crippen molar-refractivity contribution in [2.75, 3.05) is 13.1 Å². The van der Waals surface area contributed by atoms with Gasteiger partial charge in [0.25, 0.3) is 0 Å². The van der Waals surface area contributed by atoms with Crippen molar-refractivity contribution in [3.05, 3.63) is 0 Å². The minimum atomic E-state index is -0.786. The van der Waals surface area contributed by atoms with Crippen LogP contribution in [0.15, 0.2) is 0 Å². The Hall–Kier alpha value is -1.77. The Labute approximate surface area is 137 Å². The van der Waals surface area contributed by atoms with E-state index < -0.39 is 17.1 Å². The molecule has 3 fully saturated rings. The molecule has 2 aliphatic carbocycles. The maximum Gasteiger partial charge on any atom is 0.407 e. The minimum absolute atomic E-state index is 0.0297. The first-order valence-corrected chi connectivity index (χ1v) is 8.40. The monoisotopic (exact) mass is 319 g/mol. The summed E-state index contributed by atoms with van der Waals surface area (Å²) in [4.78, 5) is 26.5. The zero-order valence-electron chi connectivity index (χ0n) is 14.1. The van der Waals surface area contributed by atoms with Gasteiger partial charge in [-0.3, -0.25) is 4.79 Å². The molecule has 6 heteroatoms. The van der Waals surface area contributed by atoms with Crippen LogP contribution in [0.25, 0.3) is 0 Å². The first-order chi connectivity index (χ1) is 10.7. The van der Waals surface area contributed by atoms with Crippen LogP contribution in [-0.2, 0) is 9.53 Å². The van der Waals surface area contributed by atoms with Gasteiger partial charge in [0, 0.05) is 18.5 Å². The Bertz CT molecular complexity index is 565. The van der Waals surface area contributed by atoms with Crippen molar-refractivity contribution >= 4 is 12.0 Å². The number of amides is 2. The van der Waals surface area contributed by atoms with E-state index in [9.17, 15) is 14.9 Å². The standard InChI is InChI=1S/C17H25N3O3/c1-15(2,3)23-14(22)19-12-9-20(11-17(12)5-4-6-17)13(21)16(10-18)7-8-16/h12H,4-9,11H2,1-3H3,(H,19,22). The van der Waals surface area contributed by atoms with E-state index in [2.05, 4.69) is 11.4 Å². The van der Waals surface area contributed by atoms with E-state index in [1.807, 2.05) is 20.8 Å². The van der Waals surface area contributed by atoms with Gasteiger partial charge in [-0.1, -0.05) is 6.42 Å². The molecule has 6 nitrogen and oxygen atoms in total. The number of hydrogen-bond donors (Lipinski definition) is 1. The highest BCUT2D eigenvalue weighted by molar-refractivity contribution is 5.88. The van der Waals surface area contributed by atoms with Crippen LogP contribution in [0.3, 0.4) is 0 Å². The van der Waals surface area contributed by atoms with Crippen molar-refractivity contribution < 1.29 is 14.3 Å². The van der Waals surface area contributed by atoms with Gasteiger partial charge in [0.1, 0.15) is 11.0 Å². The zero-order valence-corrected chi connectivity index (χ0v) is 14.1. The van der Waals surface area contributed by atoms with Gasteiger partial charge in [0.2, 0.25) is 5.91 Å². The molecule has 1 atom stereocenters. The van der Waals surface area contributed by atoms with Gasteiger partial charge < -0.3 is 15.0 Å². The van der Waals surface area contributed by atoms with E-state index in [1.54, 1.807) is 4.90 Å². The molecule has 0 aromatic heterocycles. The molecular formula is C17H25N3O3. The summed E-state index contributed by atoms with van der Waals surface area (Å²) in [5.74, 6) is -0.0558. The quantitative estimate of drug-likeness (QED) is 0.846. The molecule has 1 aliphatic heterocycles. The molecule has 0 aromatic carbocycles. The van der Waals surface area contributed by atoms with Crippen molar-refractivity contribution in [1.29, 1.82) is 5.26 Å². The number of nitriles is 1. The molecule has 0 radical (unpaired) electrons. The van der Waals surface area contributed by atoms with E-state index in [4.69, 9.17) is 4.74 Å². The number of rotatable bonds is 2. The minimum Gasteiger partial charge on any atom is -0.444 e. The molecule has 2 saturated carbocycles. The highest BCUT2D eigenvalue weighted by atomic mass is 16.6. The molecule has 1 N–H and O–H groups in total. The molecule has 1 spiro atoms. The summed E-state index contributed by atoms with van der Waals surface area (Å²) in [6.45, 7) is 6.64. The van der Waals surface area contributed by atoms with Crippen molar-refractivity contribution in [2.24, 2.45) is 10.8 Å². The van der Waals surface area contributed by atoms with Gasteiger partial charge in [0.05, 0.1) is 12.1 Å². The third kappa shape index (κ3) is 2.89. The van der Waals surface area contributed by atoms with Crippen molar-refractivity contribution in [3.63, 3.8) is 0 Å². The molecule has 1 unspecified atom stereocenters. The second kappa shape index (κ2) is 5.12. The Morgan fingerprint density at radius 2 is 1.91 bits per heavy atom. The number of likely N-dealkylation sites (tertiary alicyclic amines) is 1. The van der Waals surface area contributed by atoms with Crippen LogP contribution in [-0.4, -0.2) is 41.6 Å². The predicted octanol–water partition coefficient (Wildman–Crippen LogP) is 2.20. The average Bonchev–Trinajstić information content (AvgIpc) is 3.10. The Balaban J connectivity index is 1.67. The summed E-state index contributed by atoms with van der Waals surface area (Å²) < 4.78 is 5.35. The molecule has 2 amide bonds. The lowest BCUT2D eigenvalue weighted by Crippen LogP contribution is -2.51. The average molecular weight is 319 g/mol. The summed E-state index contributed by atoms with van der Waals surface area (Å²) >= 11 is 0. The zero-order chi connectivity index (χ0) is 16.9. The Kier molecular flexibility index (Phi) is 3.58. The van der Waals surface area contributed by atoms with Crippen LogP contribution in [0.5, 0.6) is 0 Å². The molecule has 3 aliphatic rings. The molecule has 126 valence electrons. The molecule has 23 heavy (non-hydrogen) atoms. The van der Waals surface area contributed by atoms with Crippen molar-refractivity contribution in [2.45, 2.75) is 64.5 Å². The van der Waals surface area contributed by atoms with Crippen molar-refractivity contribution in [3.8, 4) is 6.07 Å². The predicted molar refractivity (Wildman–Crippen MR) is 83.3 cm³/mol. The number of hydrogen-bond acceptors (Lipinski definition) is 4. The largest absolute Gasteiger partial charge is 0.444 e. The fourth-order valence-corrected chi connectivity index (χ4v) is 3.71. The van der Waals surface area contributed by atoms with Crippen LogP contribution in [0.1, 0.15) is 52.9 Å². The van der Waals surface area contributed by atoms with Crippen LogP contribution in [0.2, 0.25) is 0 Å². The van der Waals surface area contributed by atoms with Gasteiger partial charge in [-0.15, -0.1) is 0 Å². The van der Waals surface area contributed by atoms with Crippen LogP contribution >= 0.6 is 0 Å². The topological polar surface area (TPSA) is 82.4 Å². The van der Waals surface area contributed by atoms with Crippen LogP contribution < -0.4 is 5.32 Å². The van der Waals surface area contributed by atoms with Gasteiger partial charge in [-0.25, -0.2) is 4.79 Å². The summed E-state index contributed by atoms with van der Waals surface area (Å²) in [7, 11) is 0. The number of nitrogens with one attached hydrogen (secondary N) is 1. The highest BCUT2D eigenvalue weighted by Crippen LogP contribution is 2.52. The lowest BCUT2D eigenvalue weighted by molar-refractivity contribution is -0.134. The Morgan fingerprint density at radius 3 is 2.35 bits per heavy atom. The van der Waals surface area contributed by atoms with Crippen LogP contribution in [0.4, 0.5) is 4.79 Å². The number of nitrogens with zero attached hydrogens (tertiary/aromatic N) is 2. The molecule has 0 aromatic rings. The lowest BCUT2D eigenvalue weighted by atomic mass is 9.66. The third-order valence-electron chi connectivity index (χ3n) is 5.35. The smallest absolute Gasteiger partial charge is 0.407 e. The fourth-order valence-electron chi connectivity index (χ4n) is 3.71. The molecular weight excluding hydrogens is 294 g/mol. The number of carbonyl (C=O) groups excluding carboxylic acids is 2. The summed E-state index contributed by atoms with van der Waals surface area (Å²) in [5.41, 5.74) is -1.35. The second-order valence-corrected chi connectivity index (χ2v) is 8.29. The summed E-state index contributed by atoms with van der Waals surface area (Å²) in [6.07, 6.45) is 4.04. The van der Waals surface area contributed by atoms with Crippen LogP contribution in [0, 0.1) is 22.2 Å². The number of carbonyl (C=O) groups is 2. The first kappa shape index (κ1) is 16.1. The molecule has 1 saturated heterocycles. The van der Waals surface area contributed by atoms with E-state index in [0.717, 1.165) is 19.3 Å². The second-order valence-electron chi connectivity index (χ2n) is 8.29. The summed E-state index contributed by atoms with van der Waals surface area (Å²) in [6, 6.07) is 2.10. The van der Waals surface area contributed by atoms with E-state index in [-0.39, 0.29) is 17.4 Å². The van der Waals surface area contributed by atoms with Gasteiger partial charge in [-0.05, 0) is 46.5 Å². The maximum absolute atomic E-state index is 12.6. The molecule has 0 bridgehead atoms. The van der Waals surface area contributed by atoms with E-state index in [0.29, 0.717) is 25.9 Å². The number of ether oxygens (including phenoxy) is 1. The Morgan fingerprint density at radius 1 is 1.26 bits per heavy atom. The molecule has 1 heterocycles. The van der Waals surface area contributed by atoms with Gasteiger partial charge in [-0.2, -0.15) is 5.26 Å². The highest BCUT2D eigenvalue weighted by Gasteiger charge is 2.58. The van der Waals surface area contributed by atoms with Crippen molar-refractivity contribution in [1.82, 2.24) is 10.2 Å². The first-order valence-electron chi connectivity index (χ1n) is 8.40. The maximum atomic E-state index is 12.6. The normalized spacial score (nSPS) is 27.0.